The molecular weight excluding hydrogens is 294 g/mol. The number of benzene rings is 1. The maximum Gasteiger partial charge on any atom is 0.261 e. The fourth-order valence-corrected chi connectivity index (χ4v) is 3.07. The monoisotopic (exact) mass is 311 g/mol. The third-order valence-electron chi connectivity index (χ3n) is 3.42. The van der Waals surface area contributed by atoms with Gasteiger partial charge in [-0.25, -0.2) is 4.98 Å². The number of nitrogens with zero attached hydrogens (tertiary/aromatic N) is 2. The molecule has 112 valence electrons. The molecular formula is C17H17N3OS. The van der Waals surface area contributed by atoms with Gasteiger partial charge in [-0.2, -0.15) is 0 Å². The average molecular weight is 311 g/mol. The number of aromatic nitrogens is 2. The third kappa shape index (κ3) is 2.94. The quantitative estimate of drug-likeness (QED) is 0.710. The summed E-state index contributed by atoms with van der Waals surface area (Å²) in [7, 11) is 0. The summed E-state index contributed by atoms with van der Waals surface area (Å²) in [5, 5.41) is 4.84. The lowest BCUT2D eigenvalue weighted by atomic mass is 10.3. The van der Waals surface area contributed by atoms with E-state index >= 15 is 0 Å². The lowest BCUT2D eigenvalue weighted by molar-refractivity contribution is 0.0958. The van der Waals surface area contributed by atoms with Gasteiger partial charge in [0, 0.05) is 19.5 Å². The Morgan fingerprint density at radius 2 is 2.18 bits per heavy atom. The fourth-order valence-electron chi connectivity index (χ4n) is 2.43. The number of amides is 1. The van der Waals surface area contributed by atoms with Crippen LogP contribution in [0.2, 0.25) is 0 Å². The highest BCUT2D eigenvalue weighted by atomic mass is 32.1. The Kier molecular flexibility index (Phi) is 4.34. The number of carbonyl (C=O) groups excluding carboxylic acids is 1. The molecule has 0 aliphatic heterocycles. The van der Waals surface area contributed by atoms with Gasteiger partial charge in [0.05, 0.1) is 15.9 Å². The van der Waals surface area contributed by atoms with E-state index in [1.807, 2.05) is 41.8 Å². The van der Waals surface area contributed by atoms with Gasteiger partial charge in [-0.3, -0.25) is 4.79 Å². The Balaban J connectivity index is 1.72. The Hall–Kier alpha value is -2.40. The molecule has 1 amide bonds. The highest BCUT2D eigenvalue weighted by Crippen LogP contribution is 2.16. The molecule has 2 aromatic heterocycles. The van der Waals surface area contributed by atoms with Crippen molar-refractivity contribution in [2.45, 2.75) is 13.0 Å². The number of para-hydroxylation sites is 2. The van der Waals surface area contributed by atoms with Crippen molar-refractivity contribution >= 4 is 28.3 Å². The van der Waals surface area contributed by atoms with Gasteiger partial charge >= 0.3 is 0 Å². The SMILES string of the molecule is C=CCn1c(CCNC(=O)c2cccs2)nc2ccccc21. The maximum atomic E-state index is 11.9. The first-order chi connectivity index (χ1) is 10.8. The van der Waals surface area contributed by atoms with Crippen molar-refractivity contribution in [1.82, 2.24) is 14.9 Å². The molecule has 0 fully saturated rings. The molecule has 0 spiro atoms. The summed E-state index contributed by atoms with van der Waals surface area (Å²) in [5.41, 5.74) is 2.07. The molecule has 0 unspecified atom stereocenters. The first-order valence-corrected chi connectivity index (χ1v) is 8.04. The maximum absolute atomic E-state index is 11.9. The molecule has 2 heterocycles. The van der Waals surface area contributed by atoms with Crippen molar-refractivity contribution < 1.29 is 4.79 Å². The Morgan fingerprint density at radius 1 is 1.32 bits per heavy atom. The van der Waals surface area contributed by atoms with Crippen molar-refractivity contribution in [3.8, 4) is 0 Å². The van der Waals surface area contributed by atoms with Crippen LogP contribution in [0.5, 0.6) is 0 Å². The molecule has 0 aliphatic carbocycles. The molecule has 1 N–H and O–H groups in total. The lowest BCUT2D eigenvalue weighted by Crippen LogP contribution is -2.25. The normalized spacial score (nSPS) is 10.7. The van der Waals surface area contributed by atoms with Gasteiger partial charge in [0.15, 0.2) is 0 Å². The van der Waals surface area contributed by atoms with Crippen LogP contribution in [0.15, 0.2) is 54.4 Å². The number of thiophene rings is 1. The van der Waals surface area contributed by atoms with Crippen LogP contribution in [0.1, 0.15) is 15.5 Å². The van der Waals surface area contributed by atoms with E-state index in [-0.39, 0.29) is 5.91 Å². The first kappa shape index (κ1) is 14.5. The molecule has 3 rings (SSSR count). The van der Waals surface area contributed by atoms with Crippen LogP contribution >= 0.6 is 11.3 Å². The molecule has 0 saturated heterocycles. The minimum absolute atomic E-state index is 0.0265. The Labute approximate surface area is 133 Å². The van der Waals surface area contributed by atoms with Gasteiger partial charge in [0.25, 0.3) is 5.91 Å². The second-order valence-electron chi connectivity index (χ2n) is 4.90. The summed E-state index contributed by atoms with van der Waals surface area (Å²) in [6.45, 7) is 5.09. The van der Waals surface area contributed by atoms with E-state index in [1.165, 1.54) is 11.3 Å². The minimum Gasteiger partial charge on any atom is -0.351 e. The number of nitrogens with one attached hydrogen (secondary N) is 1. The highest BCUT2D eigenvalue weighted by molar-refractivity contribution is 7.12. The summed E-state index contributed by atoms with van der Waals surface area (Å²) in [4.78, 5) is 17.3. The van der Waals surface area contributed by atoms with E-state index in [2.05, 4.69) is 27.5 Å². The zero-order chi connectivity index (χ0) is 15.4. The molecule has 3 aromatic rings. The van der Waals surface area contributed by atoms with Crippen molar-refractivity contribution in [3.63, 3.8) is 0 Å². The van der Waals surface area contributed by atoms with Gasteiger partial charge in [0.1, 0.15) is 5.82 Å². The van der Waals surface area contributed by atoms with Crippen molar-refractivity contribution in [1.29, 1.82) is 0 Å². The second-order valence-corrected chi connectivity index (χ2v) is 5.85. The number of hydrogen-bond acceptors (Lipinski definition) is 3. The molecule has 0 aliphatic rings. The van der Waals surface area contributed by atoms with Gasteiger partial charge < -0.3 is 9.88 Å². The van der Waals surface area contributed by atoms with Crippen LogP contribution in [0, 0.1) is 0 Å². The predicted octanol–water partition coefficient (Wildman–Crippen LogP) is 3.26. The van der Waals surface area contributed by atoms with Crippen LogP contribution in [0.25, 0.3) is 11.0 Å². The number of allylic oxidation sites excluding steroid dienone is 1. The average Bonchev–Trinajstić information content (AvgIpc) is 3.16. The summed E-state index contributed by atoms with van der Waals surface area (Å²) >= 11 is 1.45. The Morgan fingerprint density at radius 3 is 2.95 bits per heavy atom. The summed E-state index contributed by atoms with van der Waals surface area (Å²) in [6.07, 6.45) is 2.56. The first-order valence-electron chi connectivity index (χ1n) is 7.16. The van der Waals surface area contributed by atoms with Gasteiger partial charge in [-0.1, -0.05) is 24.3 Å². The van der Waals surface area contributed by atoms with E-state index in [0.717, 1.165) is 21.7 Å². The largest absolute Gasteiger partial charge is 0.351 e. The Bertz CT molecular complexity index is 789. The predicted molar refractivity (Wildman–Crippen MR) is 90.3 cm³/mol. The van der Waals surface area contributed by atoms with Gasteiger partial charge in [-0.15, -0.1) is 17.9 Å². The van der Waals surface area contributed by atoms with Crippen LogP contribution in [-0.2, 0) is 13.0 Å². The number of rotatable bonds is 6. The van der Waals surface area contributed by atoms with Gasteiger partial charge in [-0.05, 0) is 23.6 Å². The third-order valence-corrected chi connectivity index (χ3v) is 4.29. The zero-order valence-corrected chi connectivity index (χ0v) is 13.0. The number of hydrogen-bond donors (Lipinski definition) is 1. The smallest absolute Gasteiger partial charge is 0.261 e. The van der Waals surface area contributed by atoms with E-state index < -0.39 is 0 Å². The zero-order valence-electron chi connectivity index (χ0n) is 12.2. The number of imidazole rings is 1. The molecule has 0 bridgehead atoms. The number of carbonyl (C=O) groups is 1. The van der Waals surface area contributed by atoms with Crippen LogP contribution in [0.3, 0.4) is 0 Å². The second kappa shape index (κ2) is 6.58. The van der Waals surface area contributed by atoms with E-state index in [0.29, 0.717) is 19.5 Å². The molecule has 4 nitrogen and oxygen atoms in total. The van der Waals surface area contributed by atoms with Crippen LogP contribution in [0.4, 0.5) is 0 Å². The van der Waals surface area contributed by atoms with Gasteiger partial charge in [0.2, 0.25) is 0 Å². The summed E-state index contributed by atoms with van der Waals surface area (Å²) < 4.78 is 2.14. The van der Waals surface area contributed by atoms with Crippen molar-refractivity contribution in [2.75, 3.05) is 6.54 Å². The highest BCUT2D eigenvalue weighted by Gasteiger charge is 2.10. The minimum atomic E-state index is -0.0265. The van der Waals surface area contributed by atoms with Crippen molar-refractivity contribution in [3.05, 3.63) is 65.1 Å². The standard InChI is InChI=1S/C17H17N3OS/c1-2-11-20-14-7-4-3-6-13(14)19-16(20)9-10-18-17(21)15-8-5-12-22-15/h2-8,12H,1,9-11H2,(H,18,21). The molecule has 0 radical (unpaired) electrons. The molecule has 1 aromatic carbocycles. The topological polar surface area (TPSA) is 46.9 Å². The number of fused-ring (bicyclic) bond motifs is 1. The molecule has 0 atom stereocenters. The van der Waals surface area contributed by atoms with E-state index in [4.69, 9.17) is 0 Å². The van der Waals surface area contributed by atoms with Crippen molar-refractivity contribution in [2.24, 2.45) is 0 Å². The van der Waals surface area contributed by atoms with E-state index in [1.54, 1.807) is 0 Å². The van der Waals surface area contributed by atoms with Crippen LogP contribution < -0.4 is 5.32 Å². The fraction of sp³-hybridized carbons (Fsp3) is 0.176. The summed E-state index contributed by atoms with van der Waals surface area (Å²) in [5.74, 6) is 0.939. The van der Waals surface area contributed by atoms with E-state index in [9.17, 15) is 4.79 Å². The lowest BCUT2D eigenvalue weighted by Gasteiger charge is -2.07. The molecule has 0 saturated carbocycles. The molecule has 5 heteroatoms. The summed E-state index contributed by atoms with van der Waals surface area (Å²) in [6, 6.07) is 11.8. The molecule has 22 heavy (non-hydrogen) atoms. The van der Waals surface area contributed by atoms with Crippen LogP contribution in [-0.4, -0.2) is 22.0 Å².